The number of benzene rings is 2. The van der Waals surface area contributed by atoms with Crippen LogP contribution >= 0.6 is 22.6 Å². The molecule has 2 aromatic carbocycles. The van der Waals surface area contributed by atoms with Gasteiger partial charge in [0, 0.05) is 44.7 Å². The quantitative estimate of drug-likeness (QED) is 0.255. The number of halogens is 1. The first-order chi connectivity index (χ1) is 16.6. The Bertz CT molecular complexity index is 1280. The first-order valence-electron chi connectivity index (χ1n) is 12.1. The Morgan fingerprint density at radius 2 is 1.85 bits per heavy atom. The summed E-state index contributed by atoms with van der Waals surface area (Å²) < 4.78 is 7.77. The third-order valence-electron chi connectivity index (χ3n) is 6.54. The van der Waals surface area contributed by atoms with Crippen molar-refractivity contribution in [2.75, 3.05) is 13.2 Å². The van der Waals surface area contributed by atoms with E-state index in [-0.39, 0.29) is 0 Å². The van der Waals surface area contributed by atoms with Crippen molar-refractivity contribution in [2.45, 2.75) is 45.6 Å². The van der Waals surface area contributed by atoms with Crippen molar-refractivity contribution in [1.82, 2.24) is 15.3 Å². The molecule has 1 fully saturated rings. The van der Waals surface area contributed by atoms with Gasteiger partial charge in [0.1, 0.15) is 5.75 Å². The van der Waals surface area contributed by atoms with E-state index in [9.17, 15) is 0 Å². The zero-order chi connectivity index (χ0) is 23.5. The molecule has 4 aromatic rings. The first-order valence-corrected chi connectivity index (χ1v) is 13.1. The molecule has 1 saturated heterocycles. The van der Waals surface area contributed by atoms with Gasteiger partial charge in [0.05, 0.1) is 12.1 Å². The van der Waals surface area contributed by atoms with E-state index < -0.39 is 0 Å². The van der Waals surface area contributed by atoms with Gasteiger partial charge in [-0.1, -0.05) is 41.8 Å². The van der Waals surface area contributed by atoms with Crippen LogP contribution < -0.4 is 10.1 Å². The summed E-state index contributed by atoms with van der Waals surface area (Å²) in [5.74, 6) is 0.923. The molecule has 0 saturated carbocycles. The zero-order valence-corrected chi connectivity index (χ0v) is 21.9. The van der Waals surface area contributed by atoms with Gasteiger partial charge in [0.15, 0.2) is 0 Å². The van der Waals surface area contributed by atoms with Gasteiger partial charge in [0.25, 0.3) is 0 Å². The van der Waals surface area contributed by atoms with Crippen molar-refractivity contribution in [2.24, 2.45) is 0 Å². The van der Waals surface area contributed by atoms with E-state index in [4.69, 9.17) is 9.72 Å². The molecule has 1 aliphatic heterocycles. The van der Waals surface area contributed by atoms with Crippen molar-refractivity contribution in [3.63, 3.8) is 0 Å². The minimum Gasteiger partial charge on any atom is -0.492 e. The smallest absolute Gasteiger partial charge is 0.138 e. The normalized spacial score (nSPS) is 16.0. The number of aryl methyl sites for hydroxylation is 2. The molecular weight excluding hydrogens is 533 g/mol. The average Bonchev–Trinajstić information content (AvgIpc) is 2.84. The van der Waals surface area contributed by atoms with Crippen LogP contribution in [0.3, 0.4) is 0 Å². The minimum absolute atomic E-state index is 0.540. The molecule has 1 aliphatic rings. The number of hydrogen-bond donors (Lipinski definition) is 1. The van der Waals surface area contributed by atoms with E-state index in [1.54, 1.807) is 0 Å². The maximum absolute atomic E-state index is 6.62. The summed E-state index contributed by atoms with van der Waals surface area (Å²) in [4.78, 5) is 9.19. The summed E-state index contributed by atoms with van der Waals surface area (Å²) in [6.45, 7) is 6.08. The highest BCUT2D eigenvalue weighted by atomic mass is 127. The standard InChI is InChI=1S/C29H30IN3O/c1-19-12-20(2)14-22(13-19)26-18-33-28-16-27(30)24(21-6-5-9-31-17-21)15-25(28)29(26)34-11-8-23-7-3-4-10-32-23/h5-6,9,12-18,23,32H,3-4,7-8,10-11H2,1-2H3. The lowest BCUT2D eigenvalue weighted by atomic mass is 9.98. The van der Waals surface area contributed by atoms with Crippen LogP contribution in [0.5, 0.6) is 5.75 Å². The minimum atomic E-state index is 0.540. The second-order valence-corrected chi connectivity index (χ2v) is 10.4. The Kier molecular flexibility index (Phi) is 7.11. The average molecular weight is 563 g/mol. The molecule has 1 atom stereocenters. The van der Waals surface area contributed by atoms with Gasteiger partial charge in [-0.2, -0.15) is 0 Å². The topological polar surface area (TPSA) is 47.0 Å². The number of pyridine rings is 2. The molecule has 4 nitrogen and oxygen atoms in total. The summed E-state index contributed by atoms with van der Waals surface area (Å²) in [5, 5.41) is 4.69. The Morgan fingerprint density at radius 1 is 1.00 bits per heavy atom. The fraction of sp³-hybridized carbons (Fsp3) is 0.310. The molecule has 3 heterocycles. The van der Waals surface area contributed by atoms with Gasteiger partial charge in [-0.3, -0.25) is 9.97 Å². The van der Waals surface area contributed by atoms with Crippen LogP contribution in [0.2, 0.25) is 0 Å². The Balaban J connectivity index is 1.60. The fourth-order valence-corrected chi connectivity index (χ4v) is 5.66. The molecule has 5 heteroatoms. The third kappa shape index (κ3) is 5.10. The molecule has 174 valence electrons. The summed E-state index contributed by atoms with van der Waals surface area (Å²) in [6.07, 6.45) is 10.5. The van der Waals surface area contributed by atoms with Crippen molar-refractivity contribution < 1.29 is 4.74 Å². The first kappa shape index (κ1) is 23.2. The summed E-state index contributed by atoms with van der Waals surface area (Å²) in [7, 11) is 0. The van der Waals surface area contributed by atoms with E-state index in [0.717, 1.165) is 55.4 Å². The van der Waals surface area contributed by atoms with Crippen molar-refractivity contribution in [3.05, 3.63) is 75.8 Å². The summed E-state index contributed by atoms with van der Waals surface area (Å²) in [5.41, 5.74) is 7.89. The molecule has 1 unspecified atom stereocenters. The van der Waals surface area contributed by atoms with E-state index in [0.29, 0.717) is 12.6 Å². The van der Waals surface area contributed by atoms with Crippen LogP contribution in [-0.4, -0.2) is 29.2 Å². The Labute approximate surface area is 215 Å². The Hall–Kier alpha value is -2.51. The molecule has 2 aromatic heterocycles. The molecule has 0 radical (unpaired) electrons. The number of ether oxygens (including phenoxy) is 1. The highest BCUT2D eigenvalue weighted by Crippen LogP contribution is 2.39. The van der Waals surface area contributed by atoms with Crippen LogP contribution in [0.15, 0.2) is 61.1 Å². The maximum Gasteiger partial charge on any atom is 0.138 e. The van der Waals surface area contributed by atoms with E-state index >= 15 is 0 Å². The van der Waals surface area contributed by atoms with Crippen molar-refractivity contribution >= 4 is 33.5 Å². The van der Waals surface area contributed by atoms with E-state index in [2.05, 4.69) is 83.1 Å². The largest absolute Gasteiger partial charge is 0.492 e. The van der Waals surface area contributed by atoms with Gasteiger partial charge >= 0.3 is 0 Å². The highest BCUT2D eigenvalue weighted by Gasteiger charge is 2.18. The molecule has 1 N–H and O–H groups in total. The van der Waals surface area contributed by atoms with Gasteiger partial charge < -0.3 is 10.1 Å². The highest BCUT2D eigenvalue weighted by molar-refractivity contribution is 14.1. The monoisotopic (exact) mass is 563 g/mol. The number of nitrogens with one attached hydrogen (secondary N) is 1. The third-order valence-corrected chi connectivity index (χ3v) is 7.43. The van der Waals surface area contributed by atoms with Crippen LogP contribution in [0.25, 0.3) is 33.2 Å². The zero-order valence-electron chi connectivity index (χ0n) is 19.8. The van der Waals surface area contributed by atoms with Crippen LogP contribution in [0, 0.1) is 17.4 Å². The number of aromatic nitrogens is 2. The molecule has 5 rings (SSSR count). The van der Waals surface area contributed by atoms with E-state index in [1.165, 1.54) is 30.4 Å². The molecule has 0 amide bonds. The van der Waals surface area contributed by atoms with Gasteiger partial charge in [0.2, 0.25) is 0 Å². The van der Waals surface area contributed by atoms with E-state index in [1.807, 2.05) is 24.7 Å². The second-order valence-electron chi connectivity index (χ2n) is 9.25. The predicted octanol–water partition coefficient (Wildman–Crippen LogP) is 7.10. The SMILES string of the molecule is Cc1cc(C)cc(-c2cnc3cc(I)c(-c4cccnc4)cc3c2OCCC2CCCCN2)c1. The number of piperidine rings is 1. The summed E-state index contributed by atoms with van der Waals surface area (Å²) in [6, 6.07) is 15.6. The van der Waals surface area contributed by atoms with Crippen LogP contribution in [0.1, 0.15) is 36.8 Å². The van der Waals surface area contributed by atoms with Gasteiger partial charge in [-0.25, -0.2) is 0 Å². The van der Waals surface area contributed by atoms with Crippen molar-refractivity contribution in [1.29, 1.82) is 0 Å². The fourth-order valence-electron chi connectivity index (χ4n) is 4.90. The molecule has 34 heavy (non-hydrogen) atoms. The molecular formula is C29H30IN3O. The predicted molar refractivity (Wildman–Crippen MR) is 148 cm³/mol. The van der Waals surface area contributed by atoms with Gasteiger partial charge in [-0.05, 0) is 91.6 Å². The maximum atomic E-state index is 6.62. The van der Waals surface area contributed by atoms with Gasteiger partial charge in [-0.15, -0.1) is 0 Å². The second kappa shape index (κ2) is 10.4. The summed E-state index contributed by atoms with van der Waals surface area (Å²) >= 11 is 2.39. The van der Waals surface area contributed by atoms with Crippen molar-refractivity contribution in [3.8, 4) is 28.0 Å². The lowest BCUT2D eigenvalue weighted by Gasteiger charge is -2.24. The lowest BCUT2D eigenvalue weighted by molar-refractivity contribution is 0.271. The Morgan fingerprint density at radius 3 is 2.59 bits per heavy atom. The molecule has 0 aliphatic carbocycles. The number of hydrogen-bond acceptors (Lipinski definition) is 4. The van der Waals surface area contributed by atoms with Crippen LogP contribution in [0.4, 0.5) is 0 Å². The van der Waals surface area contributed by atoms with Crippen LogP contribution in [-0.2, 0) is 0 Å². The lowest BCUT2D eigenvalue weighted by Crippen LogP contribution is -2.35. The molecule has 0 spiro atoms. The number of rotatable bonds is 6. The number of nitrogens with zero attached hydrogens (tertiary/aromatic N) is 2. The molecule has 0 bridgehead atoms. The number of fused-ring (bicyclic) bond motifs is 1.